The van der Waals surface area contributed by atoms with Crippen molar-refractivity contribution in [2.75, 3.05) is 0 Å². The van der Waals surface area contributed by atoms with Crippen molar-refractivity contribution in [1.82, 2.24) is 9.97 Å². The summed E-state index contributed by atoms with van der Waals surface area (Å²) in [5.41, 5.74) is -0.697. The van der Waals surface area contributed by atoms with Crippen LogP contribution in [0.25, 0.3) is 11.0 Å². The van der Waals surface area contributed by atoms with Gasteiger partial charge in [-0.15, -0.1) is 0 Å². The van der Waals surface area contributed by atoms with Crippen LogP contribution in [0.4, 0.5) is 13.2 Å². The van der Waals surface area contributed by atoms with E-state index in [4.69, 9.17) is 4.42 Å². The lowest BCUT2D eigenvalue weighted by molar-refractivity contribution is -0.141. The monoisotopic (exact) mass is 382 g/mol. The van der Waals surface area contributed by atoms with Gasteiger partial charge < -0.3 is 9.40 Å². The lowest BCUT2D eigenvalue weighted by atomic mass is 10.1. The molecule has 1 N–H and O–H groups in total. The number of thioether (sulfide) groups is 1. The molecule has 3 aromatic rings. The summed E-state index contributed by atoms with van der Waals surface area (Å²) in [6, 6.07) is 7.14. The second-order valence-corrected chi connectivity index (χ2v) is 6.46. The molecule has 0 aliphatic carbocycles. The number of alkyl halides is 3. The first-order chi connectivity index (χ1) is 12.3. The molecule has 1 aromatic carbocycles. The maximum Gasteiger partial charge on any atom is 0.433 e. The molecular weight excluding hydrogens is 369 g/mol. The zero-order valence-electron chi connectivity index (χ0n) is 13.5. The van der Waals surface area contributed by atoms with E-state index in [1.807, 2.05) is 13.0 Å². The van der Waals surface area contributed by atoms with E-state index in [9.17, 15) is 22.8 Å². The minimum absolute atomic E-state index is 0.151. The van der Waals surface area contributed by atoms with Gasteiger partial charge in [0.1, 0.15) is 5.58 Å². The van der Waals surface area contributed by atoms with Crippen LogP contribution >= 0.6 is 11.8 Å². The minimum Gasteiger partial charge on any atom is -0.423 e. The molecule has 5 nitrogen and oxygen atoms in total. The number of nitrogens with one attached hydrogen (secondary N) is 1. The molecule has 0 fully saturated rings. The average Bonchev–Trinajstić information content (AvgIpc) is 2.57. The summed E-state index contributed by atoms with van der Waals surface area (Å²) in [5, 5.41) is 0.514. The molecule has 136 valence electrons. The fourth-order valence-corrected chi connectivity index (χ4v) is 3.28. The predicted molar refractivity (Wildman–Crippen MR) is 91.3 cm³/mol. The summed E-state index contributed by atoms with van der Waals surface area (Å²) in [7, 11) is 0. The van der Waals surface area contributed by atoms with Gasteiger partial charge in [-0.25, -0.2) is 9.78 Å². The fourth-order valence-electron chi connectivity index (χ4n) is 2.41. The summed E-state index contributed by atoms with van der Waals surface area (Å²) in [6.07, 6.45) is -3.94. The van der Waals surface area contributed by atoms with Crippen molar-refractivity contribution in [3.63, 3.8) is 0 Å². The number of hydrogen-bond acceptors (Lipinski definition) is 5. The number of hydrogen-bond donors (Lipinski definition) is 1. The van der Waals surface area contributed by atoms with Crippen LogP contribution in [-0.4, -0.2) is 9.97 Å². The Kier molecular flexibility index (Phi) is 4.90. The molecule has 2 heterocycles. The quantitative estimate of drug-likeness (QED) is 0.423. The number of aromatic amines is 1. The molecule has 0 saturated heterocycles. The Bertz CT molecular complexity index is 1070. The molecule has 2 aromatic heterocycles. The minimum atomic E-state index is -4.71. The van der Waals surface area contributed by atoms with Crippen LogP contribution in [0.1, 0.15) is 23.7 Å². The topological polar surface area (TPSA) is 76.0 Å². The maximum atomic E-state index is 12.8. The molecular formula is C17H13F3N2O3S. The van der Waals surface area contributed by atoms with Gasteiger partial charge >= 0.3 is 11.8 Å². The van der Waals surface area contributed by atoms with Crippen molar-refractivity contribution in [2.45, 2.75) is 30.4 Å². The van der Waals surface area contributed by atoms with Gasteiger partial charge in [0.25, 0.3) is 5.56 Å². The fraction of sp³-hybridized carbons (Fsp3) is 0.235. The Hall–Kier alpha value is -2.55. The highest BCUT2D eigenvalue weighted by molar-refractivity contribution is 7.98. The van der Waals surface area contributed by atoms with Crippen LogP contribution in [-0.2, 0) is 18.3 Å². The third-order valence-electron chi connectivity index (χ3n) is 3.68. The largest absolute Gasteiger partial charge is 0.433 e. The van der Waals surface area contributed by atoms with E-state index < -0.39 is 23.1 Å². The van der Waals surface area contributed by atoms with Gasteiger partial charge in [-0.3, -0.25) is 4.79 Å². The molecule has 0 radical (unpaired) electrons. The Balaban J connectivity index is 1.94. The van der Waals surface area contributed by atoms with Crippen LogP contribution in [0, 0.1) is 0 Å². The summed E-state index contributed by atoms with van der Waals surface area (Å²) < 4.78 is 43.5. The first-order valence-corrected chi connectivity index (χ1v) is 8.62. The Labute approximate surface area is 149 Å². The van der Waals surface area contributed by atoms with E-state index in [0.717, 1.165) is 23.7 Å². The highest BCUT2D eigenvalue weighted by atomic mass is 32.2. The molecule has 26 heavy (non-hydrogen) atoms. The maximum absolute atomic E-state index is 12.8. The molecule has 0 spiro atoms. The molecule has 3 rings (SSSR count). The van der Waals surface area contributed by atoms with Gasteiger partial charge in [0, 0.05) is 23.3 Å². The predicted octanol–water partition coefficient (Wildman–Crippen LogP) is 3.75. The summed E-state index contributed by atoms with van der Waals surface area (Å²) in [5.74, 6) is 0.151. The average molecular weight is 382 g/mol. The number of aryl methyl sites for hydroxylation is 1. The standard InChI is InChI=1S/C17H13F3N2O3S/c1-2-9-3-4-11-10(6-15(24)25-12(11)5-9)8-26-16-21-13(17(18,19)20)7-14(23)22-16/h3-7H,2,8H2,1H3,(H,21,22,23). The van der Waals surface area contributed by atoms with Crippen molar-refractivity contribution < 1.29 is 17.6 Å². The van der Waals surface area contributed by atoms with Crippen LogP contribution in [0.5, 0.6) is 0 Å². The second kappa shape index (κ2) is 6.99. The van der Waals surface area contributed by atoms with Crippen molar-refractivity contribution in [2.24, 2.45) is 0 Å². The van der Waals surface area contributed by atoms with Gasteiger partial charge in [-0.2, -0.15) is 13.2 Å². The van der Waals surface area contributed by atoms with Crippen molar-refractivity contribution >= 4 is 22.7 Å². The molecule has 0 aliphatic heterocycles. The molecule has 0 unspecified atom stereocenters. The molecule has 0 atom stereocenters. The smallest absolute Gasteiger partial charge is 0.423 e. The van der Waals surface area contributed by atoms with E-state index in [2.05, 4.69) is 9.97 Å². The molecule has 0 amide bonds. The Morgan fingerprint density at radius 1 is 1.19 bits per heavy atom. The summed E-state index contributed by atoms with van der Waals surface area (Å²) in [4.78, 5) is 28.9. The second-order valence-electron chi connectivity index (χ2n) is 5.50. The molecule has 0 saturated carbocycles. The SMILES string of the molecule is CCc1ccc2c(CSc3nc(C(F)(F)F)cc(=O)[nH]3)cc(=O)oc2c1. The van der Waals surface area contributed by atoms with Gasteiger partial charge in [-0.05, 0) is 23.6 Å². The number of nitrogens with zero attached hydrogens (tertiary/aromatic N) is 1. The number of fused-ring (bicyclic) bond motifs is 1. The zero-order valence-corrected chi connectivity index (χ0v) is 14.3. The molecule has 0 aliphatic rings. The third kappa shape index (κ3) is 3.98. The first-order valence-electron chi connectivity index (χ1n) is 7.63. The Morgan fingerprint density at radius 2 is 1.96 bits per heavy atom. The van der Waals surface area contributed by atoms with Crippen molar-refractivity contribution in [3.05, 3.63) is 67.9 Å². The molecule has 9 heteroatoms. The van der Waals surface area contributed by atoms with E-state index in [1.165, 1.54) is 6.07 Å². The highest BCUT2D eigenvalue weighted by Gasteiger charge is 2.33. The van der Waals surface area contributed by atoms with Gasteiger partial charge in [0.2, 0.25) is 0 Å². The van der Waals surface area contributed by atoms with Crippen LogP contribution in [0.2, 0.25) is 0 Å². The summed E-state index contributed by atoms with van der Waals surface area (Å²) in [6.45, 7) is 1.97. The normalized spacial score (nSPS) is 11.8. The van der Waals surface area contributed by atoms with E-state index in [1.54, 1.807) is 12.1 Å². The highest BCUT2D eigenvalue weighted by Crippen LogP contribution is 2.29. The van der Waals surface area contributed by atoms with Gasteiger partial charge in [-0.1, -0.05) is 30.8 Å². The lowest BCUT2D eigenvalue weighted by Crippen LogP contribution is -2.16. The number of H-pyrrole nitrogens is 1. The zero-order chi connectivity index (χ0) is 18.9. The van der Waals surface area contributed by atoms with Crippen molar-refractivity contribution in [3.8, 4) is 0 Å². The van der Waals surface area contributed by atoms with Crippen LogP contribution in [0.15, 0.2) is 49.5 Å². The number of halogens is 3. The van der Waals surface area contributed by atoms with Crippen molar-refractivity contribution in [1.29, 1.82) is 0 Å². The lowest BCUT2D eigenvalue weighted by Gasteiger charge is -2.08. The number of benzene rings is 1. The molecule has 0 bridgehead atoms. The Morgan fingerprint density at radius 3 is 2.65 bits per heavy atom. The number of aromatic nitrogens is 2. The van der Waals surface area contributed by atoms with E-state index in [0.29, 0.717) is 22.6 Å². The van der Waals surface area contributed by atoms with Gasteiger partial charge in [0.05, 0.1) is 0 Å². The van der Waals surface area contributed by atoms with E-state index >= 15 is 0 Å². The van der Waals surface area contributed by atoms with E-state index in [-0.39, 0.29) is 10.9 Å². The van der Waals surface area contributed by atoms with Gasteiger partial charge in [0.15, 0.2) is 10.9 Å². The summed E-state index contributed by atoms with van der Waals surface area (Å²) >= 11 is 0.904. The van der Waals surface area contributed by atoms with Crippen LogP contribution in [0.3, 0.4) is 0 Å². The third-order valence-corrected chi connectivity index (χ3v) is 4.60. The number of rotatable bonds is 4. The van der Waals surface area contributed by atoms with Crippen LogP contribution < -0.4 is 11.2 Å². The first kappa shape index (κ1) is 18.2.